The highest BCUT2D eigenvalue weighted by molar-refractivity contribution is 5.11. The van der Waals surface area contributed by atoms with Crippen molar-refractivity contribution in [1.82, 2.24) is 0 Å². The van der Waals surface area contributed by atoms with Gasteiger partial charge >= 0.3 is 6.36 Å². The van der Waals surface area contributed by atoms with Crippen LogP contribution in [0.15, 0.2) is 24.1 Å². The summed E-state index contributed by atoms with van der Waals surface area (Å²) in [4.78, 5) is 0. The Labute approximate surface area is 62.1 Å². The van der Waals surface area contributed by atoms with Gasteiger partial charge in [0, 0.05) is 0 Å². The zero-order valence-corrected chi connectivity index (χ0v) is 5.85. The molecule has 0 fully saturated rings. The van der Waals surface area contributed by atoms with Crippen LogP contribution >= 0.6 is 0 Å². The molecule has 0 unspecified atom stereocenters. The van der Waals surface area contributed by atoms with Gasteiger partial charge < -0.3 is 10.5 Å². The topological polar surface area (TPSA) is 35.2 Å². The lowest BCUT2D eigenvalue weighted by Gasteiger charge is -2.03. The fraction of sp³-hybridized carbons (Fsp3) is 0.333. The summed E-state index contributed by atoms with van der Waals surface area (Å²) in [6.45, 7) is 1.63. The van der Waals surface area contributed by atoms with Crippen molar-refractivity contribution in [2.75, 3.05) is 0 Å². The van der Waals surface area contributed by atoms with Crippen LogP contribution in [0.3, 0.4) is 0 Å². The molecule has 0 aromatic heterocycles. The number of hydrogen-bond donors (Lipinski definition) is 1. The van der Waals surface area contributed by atoms with Crippen molar-refractivity contribution in [3.8, 4) is 0 Å². The second-order valence-electron chi connectivity index (χ2n) is 1.68. The van der Waals surface area contributed by atoms with Gasteiger partial charge in [-0.2, -0.15) is 0 Å². The Morgan fingerprint density at radius 2 is 2.00 bits per heavy atom. The van der Waals surface area contributed by atoms with Gasteiger partial charge in [0.15, 0.2) is 0 Å². The predicted octanol–water partition coefficient (Wildman–Crippen LogP) is 1.90. The highest BCUT2D eigenvalue weighted by Crippen LogP contribution is 2.16. The van der Waals surface area contributed by atoms with Crippen molar-refractivity contribution in [1.29, 1.82) is 0 Å². The zero-order chi connectivity index (χ0) is 8.91. The molecule has 0 bridgehead atoms. The lowest BCUT2D eigenvalue weighted by molar-refractivity contribution is -0.298. The van der Waals surface area contributed by atoms with Gasteiger partial charge in [-0.15, -0.1) is 13.2 Å². The van der Waals surface area contributed by atoms with E-state index in [2.05, 4.69) is 4.74 Å². The summed E-state index contributed by atoms with van der Waals surface area (Å²) < 4.78 is 37.2. The summed E-state index contributed by atoms with van der Waals surface area (Å²) >= 11 is 0. The smallest absolute Gasteiger partial charge is 0.412 e. The van der Waals surface area contributed by atoms with Crippen LogP contribution in [0.1, 0.15) is 6.92 Å². The number of alkyl halides is 3. The van der Waals surface area contributed by atoms with Gasteiger partial charge in [0.1, 0.15) is 6.26 Å². The van der Waals surface area contributed by atoms with Crippen LogP contribution in [-0.4, -0.2) is 6.36 Å². The van der Waals surface area contributed by atoms with E-state index in [1.807, 2.05) is 0 Å². The summed E-state index contributed by atoms with van der Waals surface area (Å²) in [7, 11) is 0. The van der Waals surface area contributed by atoms with Crippen molar-refractivity contribution in [2.24, 2.45) is 5.73 Å². The first kappa shape index (κ1) is 9.87. The first-order valence-electron chi connectivity index (χ1n) is 2.78. The zero-order valence-electron chi connectivity index (χ0n) is 5.85. The molecule has 0 aliphatic heterocycles. The summed E-state index contributed by atoms with van der Waals surface area (Å²) in [5.41, 5.74) is 4.96. The van der Waals surface area contributed by atoms with Crippen molar-refractivity contribution < 1.29 is 17.9 Å². The third-order valence-electron chi connectivity index (χ3n) is 0.688. The molecule has 0 aromatic carbocycles. The predicted molar refractivity (Wildman–Crippen MR) is 34.2 cm³/mol. The van der Waals surface area contributed by atoms with Gasteiger partial charge in [-0.3, -0.25) is 0 Å². The molecule has 11 heavy (non-hydrogen) atoms. The Kier molecular flexibility index (Phi) is 3.50. The van der Waals surface area contributed by atoms with E-state index in [1.165, 1.54) is 12.2 Å². The second-order valence-corrected chi connectivity index (χ2v) is 1.68. The molecule has 0 saturated heterocycles. The SMILES string of the molecule is C/C=C\C(N)=COC(F)(F)F. The van der Waals surface area contributed by atoms with E-state index in [0.29, 0.717) is 6.26 Å². The molecule has 0 heterocycles. The lowest BCUT2D eigenvalue weighted by Crippen LogP contribution is -2.10. The van der Waals surface area contributed by atoms with Crippen LogP contribution in [0.2, 0.25) is 0 Å². The molecule has 0 saturated carbocycles. The van der Waals surface area contributed by atoms with Gasteiger partial charge in [0.05, 0.1) is 5.70 Å². The fourth-order valence-electron chi connectivity index (χ4n) is 0.367. The number of halogens is 3. The molecular formula is C6H8F3NO. The van der Waals surface area contributed by atoms with E-state index in [-0.39, 0.29) is 5.70 Å². The molecule has 0 aliphatic rings. The fourth-order valence-corrected chi connectivity index (χ4v) is 0.367. The average molecular weight is 167 g/mol. The Balaban J connectivity index is 3.93. The van der Waals surface area contributed by atoms with Crippen molar-refractivity contribution in [2.45, 2.75) is 13.3 Å². The number of rotatable bonds is 2. The standard InChI is InChI=1S/C6H8F3NO/c1-2-3-5(10)4-11-6(7,8)9/h2-4H,10H2,1H3/b3-2-,5-4?. The van der Waals surface area contributed by atoms with Crippen LogP contribution in [0.5, 0.6) is 0 Å². The molecule has 64 valence electrons. The van der Waals surface area contributed by atoms with Gasteiger partial charge in [0.25, 0.3) is 0 Å². The van der Waals surface area contributed by atoms with Crippen LogP contribution in [0, 0.1) is 0 Å². The molecule has 2 N–H and O–H groups in total. The Bertz CT molecular complexity index is 171. The second kappa shape index (κ2) is 3.90. The normalized spacial score (nSPS) is 14.0. The maximum absolute atomic E-state index is 11.3. The van der Waals surface area contributed by atoms with Crippen molar-refractivity contribution >= 4 is 0 Å². The minimum atomic E-state index is -4.66. The van der Waals surface area contributed by atoms with E-state index in [0.717, 1.165) is 0 Å². The quantitative estimate of drug-likeness (QED) is 0.503. The van der Waals surface area contributed by atoms with E-state index in [9.17, 15) is 13.2 Å². The molecule has 0 atom stereocenters. The van der Waals surface area contributed by atoms with Crippen molar-refractivity contribution in [3.05, 3.63) is 24.1 Å². The largest absolute Gasteiger partial charge is 0.572 e. The third kappa shape index (κ3) is 6.76. The first-order chi connectivity index (χ1) is 4.95. The highest BCUT2D eigenvalue weighted by Gasteiger charge is 2.29. The first-order valence-corrected chi connectivity index (χ1v) is 2.78. The summed E-state index contributed by atoms with van der Waals surface area (Å²) in [6.07, 6.45) is -1.41. The summed E-state index contributed by atoms with van der Waals surface area (Å²) in [5, 5.41) is 0. The van der Waals surface area contributed by atoms with E-state index in [4.69, 9.17) is 5.73 Å². The molecule has 0 aliphatic carbocycles. The van der Waals surface area contributed by atoms with Gasteiger partial charge in [0.2, 0.25) is 0 Å². The third-order valence-corrected chi connectivity index (χ3v) is 0.688. The molecule has 0 amide bonds. The van der Waals surface area contributed by atoms with Gasteiger partial charge in [-0.05, 0) is 13.0 Å². The molecule has 2 nitrogen and oxygen atoms in total. The molecule has 0 rings (SSSR count). The van der Waals surface area contributed by atoms with Gasteiger partial charge in [-0.25, -0.2) is 0 Å². The maximum Gasteiger partial charge on any atom is 0.572 e. The van der Waals surface area contributed by atoms with E-state index >= 15 is 0 Å². The minimum absolute atomic E-state index is 0.0789. The molecular weight excluding hydrogens is 159 g/mol. The monoisotopic (exact) mass is 167 g/mol. The van der Waals surface area contributed by atoms with Crippen LogP contribution in [-0.2, 0) is 4.74 Å². The molecule has 0 radical (unpaired) electrons. The van der Waals surface area contributed by atoms with Gasteiger partial charge in [-0.1, -0.05) is 6.08 Å². The van der Waals surface area contributed by atoms with E-state index in [1.54, 1.807) is 6.92 Å². The minimum Gasteiger partial charge on any atom is -0.412 e. The number of allylic oxidation sites excluding steroid dienone is 2. The van der Waals surface area contributed by atoms with Crippen molar-refractivity contribution in [3.63, 3.8) is 0 Å². The molecule has 0 spiro atoms. The Morgan fingerprint density at radius 1 is 1.45 bits per heavy atom. The maximum atomic E-state index is 11.3. The Hall–Kier alpha value is -1.13. The molecule has 0 aromatic rings. The highest BCUT2D eigenvalue weighted by atomic mass is 19.4. The summed E-state index contributed by atoms with van der Waals surface area (Å²) in [6, 6.07) is 0. The van der Waals surface area contributed by atoms with Crippen LogP contribution in [0.4, 0.5) is 13.2 Å². The molecule has 5 heteroatoms. The van der Waals surface area contributed by atoms with E-state index < -0.39 is 6.36 Å². The van der Waals surface area contributed by atoms with Crippen LogP contribution in [0.25, 0.3) is 0 Å². The Morgan fingerprint density at radius 3 is 2.36 bits per heavy atom. The average Bonchev–Trinajstić information content (AvgIpc) is 1.83. The van der Waals surface area contributed by atoms with Crippen LogP contribution < -0.4 is 5.73 Å². The summed E-state index contributed by atoms with van der Waals surface area (Å²) in [5.74, 6) is 0. The number of hydrogen-bond acceptors (Lipinski definition) is 2. The lowest BCUT2D eigenvalue weighted by atomic mass is 10.4. The number of ether oxygens (including phenoxy) is 1. The number of nitrogens with two attached hydrogens (primary N) is 1.